The van der Waals surface area contributed by atoms with Crippen LogP contribution in [0, 0.1) is 0 Å². The first-order valence-electron chi connectivity index (χ1n) is 11.5. The van der Waals surface area contributed by atoms with Crippen molar-refractivity contribution < 1.29 is 26.9 Å². The van der Waals surface area contributed by atoms with Gasteiger partial charge in [0.05, 0.1) is 12.1 Å². The van der Waals surface area contributed by atoms with E-state index in [-0.39, 0.29) is 33.0 Å². The molecule has 0 radical (unpaired) electrons. The van der Waals surface area contributed by atoms with E-state index in [2.05, 4.69) is 5.32 Å². The van der Waals surface area contributed by atoms with Gasteiger partial charge in [-0.3, -0.25) is 9.59 Å². The van der Waals surface area contributed by atoms with E-state index in [1.54, 1.807) is 30.3 Å². The number of halogens is 1. The number of carbonyl (C=O) groups excluding carboxylic acids is 2. The van der Waals surface area contributed by atoms with E-state index in [1.165, 1.54) is 19.2 Å². The van der Waals surface area contributed by atoms with Gasteiger partial charge in [0.2, 0.25) is 5.75 Å². The molecule has 0 saturated carbocycles. The maximum absolute atomic E-state index is 13.0. The lowest BCUT2D eigenvalue weighted by Crippen LogP contribution is -2.36. The van der Waals surface area contributed by atoms with Gasteiger partial charge < -0.3 is 14.2 Å². The first-order valence-corrected chi connectivity index (χ1v) is 13.2. The van der Waals surface area contributed by atoms with Gasteiger partial charge in [0, 0.05) is 41.3 Å². The van der Waals surface area contributed by atoms with Crippen LogP contribution in [0.15, 0.2) is 69.9 Å². The largest absolute Gasteiger partial charge is 0.493 e. The Kier molecular flexibility index (Phi) is 6.19. The van der Waals surface area contributed by atoms with Gasteiger partial charge in [0.25, 0.3) is 0 Å². The summed E-state index contributed by atoms with van der Waals surface area (Å²) in [5.74, 6) is -0.648. The topological polar surface area (TPSA) is 98.8 Å². The molecule has 0 amide bonds. The summed E-state index contributed by atoms with van der Waals surface area (Å²) in [6.07, 6.45) is 3.78. The van der Waals surface area contributed by atoms with Gasteiger partial charge in [-0.25, -0.2) is 0 Å². The summed E-state index contributed by atoms with van der Waals surface area (Å²) in [7, 11) is -2.78. The zero-order valence-electron chi connectivity index (χ0n) is 19.1. The van der Waals surface area contributed by atoms with Crippen LogP contribution in [-0.4, -0.2) is 27.1 Å². The summed E-state index contributed by atoms with van der Waals surface area (Å²) in [5, 5.41) is 3.38. The third-order valence-corrected chi connectivity index (χ3v) is 8.12. The van der Waals surface area contributed by atoms with Crippen molar-refractivity contribution in [3.63, 3.8) is 0 Å². The Balaban J connectivity index is 1.62. The number of Topliss-reactive ketones (excluding diaryl/α,β-unsaturated/α-hetero) is 2. The van der Waals surface area contributed by atoms with Crippen LogP contribution in [0.4, 0.5) is 0 Å². The molecule has 0 bridgehead atoms. The molecule has 1 N–H and O–H groups in total. The highest BCUT2D eigenvalue weighted by Gasteiger charge is 2.40. The number of methoxy groups -OCH3 is 1. The van der Waals surface area contributed by atoms with Crippen LogP contribution < -0.4 is 14.2 Å². The van der Waals surface area contributed by atoms with Crippen molar-refractivity contribution in [3.8, 4) is 11.5 Å². The highest BCUT2D eigenvalue weighted by molar-refractivity contribution is 7.87. The first-order chi connectivity index (χ1) is 16.8. The molecular weight excluding hydrogens is 490 g/mol. The molecule has 0 fully saturated rings. The predicted octanol–water partition coefficient (Wildman–Crippen LogP) is 4.82. The number of allylic oxidation sites excluding steroid dienone is 4. The summed E-state index contributed by atoms with van der Waals surface area (Å²) in [6.45, 7) is 0. The smallest absolute Gasteiger partial charge is 0.339 e. The van der Waals surface area contributed by atoms with Crippen molar-refractivity contribution in [3.05, 3.63) is 75.6 Å². The van der Waals surface area contributed by atoms with Crippen molar-refractivity contribution in [2.45, 2.75) is 49.3 Å². The average molecular weight is 514 g/mol. The Morgan fingerprint density at radius 1 is 0.914 bits per heavy atom. The number of carbonyl (C=O) groups is 2. The number of hydrogen-bond donors (Lipinski definition) is 1. The lowest BCUT2D eigenvalue weighted by molar-refractivity contribution is -0.117. The Morgan fingerprint density at radius 3 is 2.09 bits per heavy atom. The zero-order chi connectivity index (χ0) is 24.7. The molecule has 5 rings (SSSR count). The second-order valence-electron chi connectivity index (χ2n) is 8.78. The van der Waals surface area contributed by atoms with E-state index in [4.69, 9.17) is 20.5 Å². The molecule has 7 nitrogen and oxygen atoms in total. The highest BCUT2D eigenvalue weighted by atomic mass is 35.5. The molecule has 0 unspecified atom stereocenters. The monoisotopic (exact) mass is 513 g/mol. The van der Waals surface area contributed by atoms with Crippen LogP contribution in [0.2, 0.25) is 5.02 Å². The molecule has 0 atom stereocenters. The molecule has 1 heterocycles. The second kappa shape index (κ2) is 9.17. The number of ketones is 2. The fourth-order valence-electron chi connectivity index (χ4n) is 5.05. The van der Waals surface area contributed by atoms with Crippen LogP contribution in [0.1, 0.15) is 50.0 Å². The molecule has 2 aliphatic carbocycles. The average Bonchev–Trinajstić information content (AvgIpc) is 2.85. The van der Waals surface area contributed by atoms with Crippen LogP contribution >= 0.6 is 11.6 Å². The fourth-order valence-corrected chi connectivity index (χ4v) is 6.33. The molecule has 0 spiro atoms. The third-order valence-electron chi connectivity index (χ3n) is 6.60. The van der Waals surface area contributed by atoms with E-state index in [9.17, 15) is 18.0 Å². The molecule has 182 valence electrons. The number of benzene rings is 2. The lowest BCUT2D eigenvalue weighted by atomic mass is 9.71. The van der Waals surface area contributed by atoms with E-state index >= 15 is 0 Å². The predicted molar refractivity (Wildman–Crippen MR) is 130 cm³/mol. The van der Waals surface area contributed by atoms with Crippen molar-refractivity contribution in [2.75, 3.05) is 7.11 Å². The van der Waals surface area contributed by atoms with E-state index < -0.39 is 16.0 Å². The summed E-state index contributed by atoms with van der Waals surface area (Å²) in [4.78, 5) is 26.1. The standard InChI is InChI=1S/C26H24ClNO6S/c1-33-22-14-15(13-17(27)26(22)34-35(31,32)16-7-3-2-4-8-16)23-24-18(9-5-11-20(24)29)28-19-10-6-12-21(30)25(19)23/h2-4,7-8,13-14,23,28H,5-6,9-12H2,1H3. The van der Waals surface area contributed by atoms with Gasteiger partial charge in [0.1, 0.15) is 4.90 Å². The van der Waals surface area contributed by atoms with Gasteiger partial charge in [0.15, 0.2) is 17.3 Å². The minimum Gasteiger partial charge on any atom is -0.493 e. The Hall–Kier alpha value is -3.10. The zero-order valence-corrected chi connectivity index (χ0v) is 20.7. The van der Waals surface area contributed by atoms with Gasteiger partial charge in [-0.2, -0.15) is 8.42 Å². The van der Waals surface area contributed by atoms with Crippen molar-refractivity contribution in [1.29, 1.82) is 0 Å². The second-order valence-corrected chi connectivity index (χ2v) is 10.7. The maximum Gasteiger partial charge on any atom is 0.339 e. The van der Waals surface area contributed by atoms with E-state index in [0.29, 0.717) is 29.6 Å². The highest BCUT2D eigenvalue weighted by Crippen LogP contribution is 2.48. The molecule has 2 aromatic rings. The molecule has 35 heavy (non-hydrogen) atoms. The third kappa shape index (κ3) is 4.25. The number of ether oxygens (including phenoxy) is 1. The quantitative estimate of drug-likeness (QED) is 0.572. The van der Waals surface area contributed by atoms with Gasteiger partial charge >= 0.3 is 10.1 Å². The van der Waals surface area contributed by atoms with Crippen LogP contribution in [0.25, 0.3) is 0 Å². The maximum atomic E-state index is 13.0. The Labute approximate surface area is 208 Å². The lowest BCUT2D eigenvalue weighted by Gasteiger charge is -2.37. The normalized spacial score (nSPS) is 18.7. The van der Waals surface area contributed by atoms with Crippen LogP contribution in [0.3, 0.4) is 0 Å². The summed E-state index contributed by atoms with van der Waals surface area (Å²) >= 11 is 6.56. The molecule has 0 saturated heterocycles. The van der Waals surface area contributed by atoms with Crippen molar-refractivity contribution in [1.82, 2.24) is 5.32 Å². The van der Waals surface area contributed by atoms with Crippen molar-refractivity contribution in [2.24, 2.45) is 0 Å². The van der Waals surface area contributed by atoms with Gasteiger partial charge in [-0.1, -0.05) is 29.8 Å². The minimum absolute atomic E-state index is 0.00394. The Morgan fingerprint density at radius 2 is 1.51 bits per heavy atom. The van der Waals surface area contributed by atoms with E-state index in [0.717, 1.165) is 37.1 Å². The first kappa shape index (κ1) is 23.6. The molecule has 2 aromatic carbocycles. The fraction of sp³-hybridized carbons (Fsp3) is 0.308. The number of nitrogens with one attached hydrogen (secondary N) is 1. The summed E-state index contributed by atoms with van der Waals surface area (Å²) in [6, 6.07) is 10.9. The summed E-state index contributed by atoms with van der Waals surface area (Å²) in [5.41, 5.74) is 3.44. The SMILES string of the molecule is COc1cc(C2C3=C(CCCC3=O)NC3=C2C(=O)CCC3)cc(Cl)c1OS(=O)(=O)c1ccccc1. The molecule has 9 heteroatoms. The molecular formula is C26H24ClNO6S. The van der Waals surface area contributed by atoms with E-state index in [1.807, 2.05) is 0 Å². The molecule has 1 aliphatic heterocycles. The summed E-state index contributed by atoms with van der Waals surface area (Å²) < 4.78 is 36.5. The van der Waals surface area contributed by atoms with Crippen LogP contribution in [0.5, 0.6) is 11.5 Å². The molecule has 0 aromatic heterocycles. The van der Waals surface area contributed by atoms with Crippen LogP contribution in [-0.2, 0) is 19.7 Å². The minimum atomic E-state index is -4.16. The van der Waals surface area contributed by atoms with Gasteiger partial charge in [-0.05, 0) is 55.5 Å². The van der Waals surface area contributed by atoms with Crippen molar-refractivity contribution >= 4 is 33.3 Å². The number of dihydropyridines is 1. The van der Waals surface area contributed by atoms with Gasteiger partial charge in [-0.15, -0.1) is 0 Å². The molecule has 3 aliphatic rings. The number of hydrogen-bond acceptors (Lipinski definition) is 7. The number of rotatable bonds is 5. The Bertz CT molecular complexity index is 1350.